The first-order chi connectivity index (χ1) is 9.32. The highest BCUT2D eigenvalue weighted by atomic mass is 19.4. The Morgan fingerprint density at radius 2 is 2.15 bits per heavy atom. The number of benzene rings is 1. The van der Waals surface area contributed by atoms with Gasteiger partial charge in [-0.05, 0) is 12.1 Å². The number of aliphatic hydroxyl groups is 1. The molecule has 0 heterocycles. The highest BCUT2D eigenvalue weighted by Crippen LogP contribution is 2.19. The lowest BCUT2D eigenvalue weighted by molar-refractivity contribution is -0.201. The Balaban J connectivity index is 2.37. The quantitative estimate of drug-likeness (QED) is 0.735. The molecule has 0 saturated heterocycles. The van der Waals surface area contributed by atoms with Crippen molar-refractivity contribution in [1.82, 2.24) is 5.32 Å². The van der Waals surface area contributed by atoms with Crippen LogP contribution in [-0.4, -0.2) is 43.5 Å². The molecule has 0 radical (unpaired) electrons. The van der Waals surface area contributed by atoms with Gasteiger partial charge in [0.25, 0.3) is 0 Å². The van der Waals surface area contributed by atoms with E-state index in [9.17, 15) is 18.0 Å². The highest BCUT2D eigenvalue weighted by Gasteiger charge is 2.37. The van der Waals surface area contributed by atoms with E-state index in [4.69, 9.17) is 9.84 Å². The minimum Gasteiger partial charge on any atom is -0.497 e. The molecule has 0 fully saturated rings. The summed E-state index contributed by atoms with van der Waals surface area (Å²) < 4.78 is 41.0. The van der Waals surface area contributed by atoms with Crippen molar-refractivity contribution >= 4 is 11.6 Å². The maximum atomic E-state index is 12.0. The van der Waals surface area contributed by atoms with E-state index in [0.717, 1.165) is 0 Å². The maximum absolute atomic E-state index is 12.0. The smallest absolute Gasteiger partial charge is 0.415 e. The van der Waals surface area contributed by atoms with Crippen LogP contribution in [-0.2, 0) is 4.79 Å². The van der Waals surface area contributed by atoms with Gasteiger partial charge in [-0.2, -0.15) is 13.2 Å². The van der Waals surface area contributed by atoms with Crippen LogP contribution in [0.3, 0.4) is 0 Å². The SMILES string of the molecule is COc1cccc(NC(=O)CNCC(O)C(F)(F)F)c1. The number of methoxy groups -OCH3 is 1. The number of ether oxygens (including phenoxy) is 1. The topological polar surface area (TPSA) is 70.6 Å². The van der Waals surface area contributed by atoms with Crippen LogP contribution in [0.15, 0.2) is 24.3 Å². The molecule has 0 aliphatic heterocycles. The van der Waals surface area contributed by atoms with Crippen molar-refractivity contribution in [2.24, 2.45) is 0 Å². The van der Waals surface area contributed by atoms with Gasteiger partial charge in [-0.15, -0.1) is 0 Å². The second-order valence-electron chi connectivity index (χ2n) is 3.97. The molecular weight excluding hydrogens is 277 g/mol. The molecule has 0 saturated carbocycles. The van der Waals surface area contributed by atoms with Crippen LogP contribution < -0.4 is 15.4 Å². The fourth-order valence-corrected chi connectivity index (χ4v) is 1.34. The summed E-state index contributed by atoms with van der Waals surface area (Å²) in [4.78, 5) is 11.5. The van der Waals surface area contributed by atoms with Crippen molar-refractivity contribution in [3.8, 4) is 5.75 Å². The van der Waals surface area contributed by atoms with Crippen molar-refractivity contribution in [2.45, 2.75) is 12.3 Å². The second-order valence-corrected chi connectivity index (χ2v) is 3.97. The summed E-state index contributed by atoms with van der Waals surface area (Å²) in [6.45, 7) is -1.08. The van der Waals surface area contributed by atoms with Gasteiger partial charge in [0, 0.05) is 18.3 Å². The summed E-state index contributed by atoms with van der Waals surface area (Å²) in [7, 11) is 1.47. The number of carbonyl (C=O) groups is 1. The van der Waals surface area contributed by atoms with Crippen molar-refractivity contribution in [1.29, 1.82) is 0 Å². The standard InChI is InChI=1S/C12H15F3N2O3/c1-20-9-4-2-3-8(5-9)17-11(19)7-16-6-10(18)12(13,14)15/h2-5,10,16,18H,6-7H2,1H3,(H,17,19). The molecule has 1 unspecified atom stereocenters. The first kappa shape index (κ1) is 16.3. The summed E-state index contributed by atoms with van der Waals surface area (Å²) in [6, 6.07) is 6.54. The van der Waals surface area contributed by atoms with Crippen LogP contribution in [0, 0.1) is 0 Å². The Bertz CT molecular complexity index is 452. The van der Waals surface area contributed by atoms with Gasteiger partial charge in [0.15, 0.2) is 6.10 Å². The summed E-state index contributed by atoms with van der Waals surface area (Å²) in [5, 5.41) is 13.4. The van der Waals surface area contributed by atoms with Gasteiger partial charge in [-0.3, -0.25) is 4.79 Å². The molecule has 5 nitrogen and oxygen atoms in total. The number of hydrogen-bond donors (Lipinski definition) is 3. The number of nitrogens with one attached hydrogen (secondary N) is 2. The average Bonchev–Trinajstić information content (AvgIpc) is 2.37. The molecule has 0 bridgehead atoms. The van der Waals surface area contributed by atoms with E-state index in [0.29, 0.717) is 11.4 Å². The van der Waals surface area contributed by atoms with Crippen LogP contribution in [0.4, 0.5) is 18.9 Å². The number of rotatable bonds is 6. The van der Waals surface area contributed by atoms with Crippen LogP contribution >= 0.6 is 0 Å². The van der Waals surface area contributed by atoms with E-state index >= 15 is 0 Å². The number of hydrogen-bond acceptors (Lipinski definition) is 4. The minimum atomic E-state index is -4.70. The fraction of sp³-hybridized carbons (Fsp3) is 0.417. The van der Waals surface area contributed by atoms with E-state index in [-0.39, 0.29) is 6.54 Å². The third-order valence-corrected chi connectivity index (χ3v) is 2.35. The fourth-order valence-electron chi connectivity index (χ4n) is 1.34. The number of alkyl halides is 3. The van der Waals surface area contributed by atoms with E-state index in [2.05, 4.69) is 10.6 Å². The summed E-state index contributed by atoms with van der Waals surface area (Å²) in [6.07, 6.45) is -7.19. The Labute approximate surface area is 113 Å². The van der Waals surface area contributed by atoms with Gasteiger partial charge in [0.05, 0.1) is 13.7 Å². The summed E-state index contributed by atoms with van der Waals surface area (Å²) in [5.41, 5.74) is 0.465. The van der Waals surface area contributed by atoms with Gasteiger partial charge in [0.1, 0.15) is 5.75 Å². The van der Waals surface area contributed by atoms with Crippen molar-refractivity contribution in [2.75, 3.05) is 25.5 Å². The number of halogens is 3. The molecule has 0 aromatic heterocycles. The Hall–Kier alpha value is -1.80. The van der Waals surface area contributed by atoms with Crippen molar-refractivity contribution in [3.63, 3.8) is 0 Å². The molecule has 1 aromatic carbocycles. The molecule has 0 aliphatic carbocycles. The van der Waals surface area contributed by atoms with Crippen LogP contribution in [0.1, 0.15) is 0 Å². The molecule has 1 aromatic rings. The Morgan fingerprint density at radius 1 is 1.45 bits per heavy atom. The van der Waals surface area contributed by atoms with Crippen LogP contribution in [0.2, 0.25) is 0 Å². The average molecular weight is 292 g/mol. The van der Waals surface area contributed by atoms with Gasteiger partial charge >= 0.3 is 6.18 Å². The molecule has 112 valence electrons. The number of anilines is 1. The normalized spacial score (nSPS) is 12.8. The zero-order valence-corrected chi connectivity index (χ0v) is 10.7. The van der Waals surface area contributed by atoms with E-state index < -0.39 is 24.7 Å². The highest BCUT2D eigenvalue weighted by molar-refractivity contribution is 5.92. The monoisotopic (exact) mass is 292 g/mol. The molecule has 1 atom stereocenters. The molecule has 1 amide bonds. The van der Waals surface area contributed by atoms with Gasteiger partial charge < -0.3 is 20.5 Å². The first-order valence-corrected chi connectivity index (χ1v) is 5.72. The zero-order valence-electron chi connectivity index (χ0n) is 10.7. The minimum absolute atomic E-state index is 0.343. The first-order valence-electron chi connectivity index (χ1n) is 5.72. The van der Waals surface area contributed by atoms with Crippen LogP contribution in [0.25, 0.3) is 0 Å². The van der Waals surface area contributed by atoms with Gasteiger partial charge in [0.2, 0.25) is 5.91 Å². The molecule has 0 spiro atoms. The van der Waals surface area contributed by atoms with Crippen molar-refractivity contribution < 1.29 is 27.8 Å². The molecular formula is C12H15F3N2O3. The predicted molar refractivity (Wildman–Crippen MR) is 66.6 cm³/mol. The maximum Gasteiger partial charge on any atom is 0.415 e. The lowest BCUT2D eigenvalue weighted by Gasteiger charge is -2.15. The Kier molecular flexibility index (Phi) is 5.78. The lowest BCUT2D eigenvalue weighted by Crippen LogP contribution is -2.41. The molecule has 0 aliphatic rings. The van der Waals surface area contributed by atoms with E-state index in [1.165, 1.54) is 7.11 Å². The van der Waals surface area contributed by atoms with Crippen molar-refractivity contribution in [3.05, 3.63) is 24.3 Å². The lowest BCUT2D eigenvalue weighted by atomic mass is 10.3. The van der Waals surface area contributed by atoms with Gasteiger partial charge in [-0.25, -0.2) is 0 Å². The van der Waals surface area contributed by atoms with Crippen LogP contribution in [0.5, 0.6) is 5.75 Å². The molecule has 3 N–H and O–H groups in total. The van der Waals surface area contributed by atoms with Gasteiger partial charge in [-0.1, -0.05) is 6.07 Å². The number of aliphatic hydroxyl groups excluding tert-OH is 1. The largest absolute Gasteiger partial charge is 0.497 e. The molecule has 20 heavy (non-hydrogen) atoms. The summed E-state index contributed by atoms with van der Waals surface area (Å²) >= 11 is 0. The number of amides is 1. The predicted octanol–water partition coefficient (Wildman–Crippen LogP) is 1.15. The zero-order chi connectivity index (χ0) is 15.2. The Morgan fingerprint density at radius 3 is 2.75 bits per heavy atom. The molecule has 1 rings (SSSR count). The van der Waals surface area contributed by atoms with E-state index in [1.807, 2.05) is 0 Å². The van der Waals surface area contributed by atoms with E-state index in [1.54, 1.807) is 24.3 Å². The second kappa shape index (κ2) is 7.11. The third-order valence-electron chi connectivity index (χ3n) is 2.35. The molecule has 8 heteroatoms. The number of carbonyl (C=O) groups excluding carboxylic acids is 1. The summed E-state index contributed by atoms with van der Waals surface area (Å²) in [5.74, 6) is 0.0240. The third kappa shape index (κ3) is 5.45.